The fourth-order valence-electron chi connectivity index (χ4n) is 2.54. The van der Waals surface area contributed by atoms with Crippen LogP contribution in [0.2, 0.25) is 10.0 Å². The smallest absolute Gasteiger partial charge is 0.172 e. The minimum absolute atomic E-state index is 0.0153. The molecule has 5 heteroatoms. The first-order valence-corrected chi connectivity index (χ1v) is 6.74. The molecule has 20 heavy (non-hydrogen) atoms. The molecule has 0 aromatic heterocycles. The van der Waals surface area contributed by atoms with Gasteiger partial charge in [-0.15, -0.1) is 0 Å². The number of phenolic OH excluding ortho intramolecular Hbond substituents is 1. The van der Waals surface area contributed by atoms with Crippen molar-refractivity contribution in [2.45, 2.75) is 12.3 Å². The zero-order chi connectivity index (χ0) is 14.4. The Kier molecular flexibility index (Phi) is 3.19. The van der Waals surface area contributed by atoms with Crippen LogP contribution < -0.4 is 0 Å². The molecule has 0 heterocycles. The minimum atomic E-state index is -0.416. The summed E-state index contributed by atoms with van der Waals surface area (Å²) < 4.78 is 12.9. The number of hydrogen-bond acceptors (Lipinski definition) is 2. The number of rotatable bonds is 1. The average Bonchev–Trinajstić information content (AvgIpc) is 2.74. The molecule has 0 amide bonds. The second-order valence-electron chi connectivity index (χ2n) is 4.73. The summed E-state index contributed by atoms with van der Waals surface area (Å²) in [6.45, 7) is 0. The number of Topliss-reactive ketones (excluding diaryl/α,β-unsaturated/α-hetero) is 1. The number of phenols is 1. The summed E-state index contributed by atoms with van der Waals surface area (Å²) in [6.07, 6.45) is 0.421. The van der Waals surface area contributed by atoms with E-state index in [2.05, 4.69) is 0 Å². The van der Waals surface area contributed by atoms with Gasteiger partial charge < -0.3 is 5.11 Å². The van der Waals surface area contributed by atoms with Crippen molar-refractivity contribution < 1.29 is 14.3 Å². The molecule has 2 aromatic carbocycles. The van der Waals surface area contributed by atoms with Gasteiger partial charge in [-0.25, -0.2) is 4.39 Å². The van der Waals surface area contributed by atoms with Crippen molar-refractivity contribution in [3.8, 4) is 5.75 Å². The van der Waals surface area contributed by atoms with Gasteiger partial charge in [0, 0.05) is 5.56 Å². The largest absolute Gasteiger partial charge is 0.506 e. The maximum atomic E-state index is 12.9. The van der Waals surface area contributed by atoms with E-state index in [1.54, 1.807) is 12.1 Å². The zero-order valence-corrected chi connectivity index (χ0v) is 11.7. The van der Waals surface area contributed by atoms with Gasteiger partial charge in [0.15, 0.2) is 5.78 Å². The third-order valence-electron chi connectivity index (χ3n) is 3.53. The first-order chi connectivity index (χ1) is 9.49. The molecule has 1 aliphatic carbocycles. The van der Waals surface area contributed by atoms with E-state index in [4.69, 9.17) is 23.2 Å². The highest BCUT2D eigenvalue weighted by Gasteiger charge is 2.35. The topological polar surface area (TPSA) is 37.3 Å². The van der Waals surface area contributed by atoms with Gasteiger partial charge in [0.1, 0.15) is 16.6 Å². The van der Waals surface area contributed by atoms with Crippen molar-refractivity contribution in [1.29, 1.82) is 0 Å². The molecule has 0 radical (unpaired) electrons. The fraction of sp³-hybridized carbons (Fsp3) is 0.133. The van der Waals surface area contributed by atoms with E-state index in [1.165, 1.54) is 18.2 Å². The molecular weight excluding hydrogens is 302 g/mol. The summed E-state index contributed by atoms with van der Waals surface area (Å²) in [5, 5.41) is 9.73. The van der Waals surface area contributed by atoms with Gasteiger partial charge in [-0.1, -0.05) is 35.3 Å². The van der Waals surface area contributed by atoms with Crippen molar-refractivity contribution in [2.24, 2.45) is 0 Å². The van der Waals surface area contributed by atoms with Gasteiger partial charge in [0.2, 0.25) is 0 Å². The molecule has 1 N–H and O–H groups in total. The quantitative estimate of drug-likeness (QED) is 0.849. The number of ketones is 1. The number of halogens is 3. The van der Waals surface area contributed by atoms with Crippen LogP contribution in [-0.4, -0.2) is 10.9 Å². The van der Waals surface area contributed by atoms with Crippen LogP contribution in [0, 0.1) is 5.82 Å². The molecule has 1 aliphatic rings. The lowest BCUT2D eigenvalue weighted by molar-refractivity contribution is 0.0973. The number of aromatic hydroxyl groups is 1. The van der Waals surface area contributed by atoms with E-state index in [-0.39, 0.29) is 27.4 Å². The fourth-order valence-corrected chi connectivity index (χ4v) is 3.00. The maximum absolute atomic E-state index is 12.9. The van der Waals surface area contributed by atoms with Crippen LogP contribution in [-0.2, 0) is 6.42 Å². The Hall–Kier alpha value is -1.58. The Morgan fingerprint density at radius 3 is 2.45 bits per heavy atom. The van der Waals surface area contributed by atoms with Gasteiger partial charge in [-0.05, 0) is 35.7 Å². The highest BCUT2D eigenvalue weighted by Crippen LogP contribution is 2.44. The molecule has 2 aromatic rings. The van der Waals surface area contributed by atoms with E-state index in [0.717, 1.165) is 5.56 Å². The zero-order valence-electron chi connectivity index (χ0n) is 10.2. The molecule has 1 unspecified atom stereocenters. The summed E-state index contributed by atoms with van der Waals surface area (Å²) in [6, 6.07) is 7.26. The van der Waals surface area contributed by atoms with E-state index >= 15 is 0 Å². The highest BCUT2D eigenvalue weighted by molar-refractivity contribution is 6.45. The van der Waals surface area contributed by atoms with E-state index < -0.39 is 5.92 Å². The summed E-state index contributed by atoms with van der Waals surface area (Å²) in [5.74, 6) is -1.06. The molecule has 0 spiro atoms. The molecular formula is C15H9Cl2FO2. The Balaban J connectivity index is 2.07. The Bertz CT molecular complexity index is 711. The number of fused-ring (bicyclic) bond motifs is 1. The number of hydrogen-bond donors (Lipinski definition) is 1. The van der Waals surface area contributed by atoms with Crippen LogP contribution in [0.3, 0.4) is 0 Å². The van der Waals surface area contributed by atoms with Gasteiger partial charge in [0.05, 0.1) is 10.9 Å². The molecule has 102 valence electrons. The molecule has 0 bridgehead atoms. The first-order valence-electron chi connectivity index (χ1n) is 5.98. The number of benzene rings is 2. The van der Waals surface area contributed by atoms with Gasteiger partial charge in [-0.3, -0.25) is 4.79 Å². The monoisotopic (exact) mass is 310 g/mol. The summed E-state index contributed by atoms with van der Waals surface area (Å²) >= 11 is 11.9. The summed E-state index contributed by atoms with van der Waals surface area (Å²) in [7, 11) is 0. The predicted molar refractivity (Wildman–Crippen MR) is 75.3 cm³/mol. The molecule has 0 aliphatic heterocycles. The highest BCUT2D eigenvalue weighted by atomic mass is 35.5. The maximum Gasteiger partial charge on any atom is 0.172 e. The van der Waals surface area contributed by atoms with Crippen molar-refractivity contribution in [3.05, 3.63) is 62.9 Å². The summed E-state index contributed by atoms with van der Waals surface area (Å²) in [4.78, 5) is 12.4. The Morgan fingerprint density at radius 1 is 1.15 bits per heavy atom. The SMILES string of the molecule is O=C1c2c(cc(O)c(Cl)c2Cl)CC1c1ccc(F)cc1. The van der Waals surface area contributed by atoms with Crippen LogP contribution in [0.15, 0.2) is 30.3 Å². The molecule has 0 saturated carbocycles. The third kappa shape index (κ3) is 1.98. The Labute approximate surface area is 124 Å². The summed E-state index contributed by atoms with van der Waals surface area (Å²) in [5.41, 5.74) is 1.74. The van der Waals surface area contributed by atoms with Crippen LogP contribution >= 0.6 is 23.2 Å². The lowest BCUT2D eigenvalue weighted by atomic mass is 9.95. The molecule has 0 fully saturated rings. The lowest BCUT2D eigenvalue weighted by Gasteiger charge is -2.08. The Morgan fingerprint density at radius 2 is 1.80 bits per heavy atom. The molecule has 2 nitrogen and oxygen atoms in total. The van der Waals surface area contributed by atoms with Crippen molar-refractivity contribution in [2.75, 3.05) is 0 Å². The first kappa shape index (κ1) is 13.4. The molecule has 3 rings (SSSR count). The minimum Gasteiger partial charge on any atom is -0.506 e. The van der Waals surface area contributed by atoms with Crippen LogP contribution in [0.5, 0.6) is 5.75 Å². The van der Waals surface area contributed by atoms with Gasteiger partial charge in [0.25, 0.3) is 0 Å². The second-order valence-corrected chi connectivity index (χ2v) is 5.49. The van der Waals surface area contributed by atoms with Gasteiger partial charge in [-0.2, -0.15) is 0 Å². The second kappa shape index (κ2) is 4.76. The predicted octanol–water partition coefficient (Wildman–Crippen LogP) is 4.36. The molecule has 0 saturated heterocycles. The number of carbonyl (C=O) groups excluding carboxylic acids is 1. The van der Waals surface area contributed by atoms with E-state index in [1.807, 2.05) is 0 Å². The van der Waals surface area contributed by atoms with Crippen LogP contribution in [0.4, 0.5) is 4.39 Å². The van der Waals surface area contributed by atoms with E-state index in [0.29, 0.717) is 17.5 Å². The lowest BCUT2D eigenvalue weighted by Crippen LogP contribution is -2.07. The van der Waals surface area contributed by atoms with Crippen molar-refractivity contribution in [1.82, 2.24) is 0 Å². The average molecular weight is 311 g/mol. The van der Waals surface area contributed by atoms with Gasteiger partial charge >= 0.3 is 0 Å². The standard InChI is InChI=1S/C15H9Cl2FO2/c16-13-11(19)6-8-5-10(15(20)12(8)14(13)17)7-1-3-9(18)4-2-7/h1-4,6,10,19H,5H2. The number of carbonyl (C=O) groups is 1. The van der Waals surface area contributed by atoms with Crippen molar-refractivity contribution >= 4 is 29.0 Å². The third-order valence-corrected chi connectivity index (χ3v) is 4.39. The normalized spacial score (nSPS) is 17.4. The van der Waals surface area contributed by atoms with Crippen molar-refractivity contribution in [3.63, 3.8) is 0 Å². The van der Waals surface area contributed by atoms with Crippen LogP contribution in [0.1, 0.15) is 27.4 Å². The van der Waals surface area contributed by atoms with E-state index in [9.17, 15) is 14.3 Å². The van der Waals surface area contributed by atoms with Crippen LogP contribution in [0.25, 0.3) is 0 Å². The molecule has 1 atom stereocenters.